The zero-order valence-electron chi connectivity index (χ0n) is 17.9. The maximum Gasteiger partial charge on any atom is 0.245 e. The second-order valence-electron chi connectivity index (χ2n) is 7.23. The van der Waals surface area contributed by atoms with Crippen LogP contribution in [0.15, 0.2) is 18.2 Å². The molecule has 1 heterocycles. The number of amides is 2. The molecule has 2 rings (SSSR count). The highest BCUT2D eigenvalue weighted by Gasteiger charge is 2.45. The molecule has 0 saturated carbocycles. The van der Waals surface area contributed by atoms with Crippen LogP contribution in [0, 0.1) is 0 Å². The summed E-state index contributed by atoms with van der Waals surface area (Å²) in [5.74, 6) is 1.08. The molecule has 2 amide bonds. The summed E-state index contributed by atoms with van der Waals surface area (Å²) < 4.78 is 21.0. The van der Waals surface area contributed by atoms with E-state index in [1.807, 2.05) is 18.2 Å². The largest absolute Gasteiger partial charge is 0.493 e. The molecule has 29 heavy (non-hydrogen) atoms. The fourth-order valence-electron chi connectivity index (χ4n) is 3.61. The monoisotopic (exact) mass is 408 g/mol. The summed E-state index contributed by atoms with van der Waals surface area (Å²) in [5.41, 5.74) is 0.0888. The van der Waals surface area contributed by atoms with Gasteiger partial charge >= 0.3 is 0 Å². The SMILES string of the molecule is COc1ccc(CCNC(=O)C2(C)CCCC(=O)N2CC(OC)OC)cc1OC. The number of benzene rings is 1. The van der Waals surface area contributed by atoms with Gasteiger partial charge in [-0.05, 0) is 43.9 Å². The van der Waals surface area contributed by atoms with Crippen molar-refractivity contribution < 1.29 is 28.5 Å². The molecule has 0 spiro atoms. The molecule has 8 heteroatoms. The van der Waals surface area contributed by atoms with Crippen molar-refractivity contribution in [3.8, 4) is 11.5 Å². The van der Waals surface area contributed by atoms with Gasteiger partial charge in [-0.25, -0.2) is 0 Å². The topological polar surface area (TPSA) is 86.3 Å². The van der Waals surface area contributed by atoms with Gasteiger partial charge in [0.2, 0.25) is 11.8 Å². The Bertz CT molecular complexity index is 706. The average Bonchev–Trinajstić information content (AvgIpc) is 2.73. The Morgan fingerprint density at radius 1 is 1.17 bits per heavy atom. The van der Waals surface area contributed by atoms with Crippen LogP contribution < -0.4 is 14.8 Å². The number of methoxy groups -OCH3 is 4. The van der Waals surface area contributed by atoms with Crippen molar-refractivity contribution in [1.82, 2.24) is 10.2 Å². The first-order valence-electron chi connectivity index (χ1n) is 9.74. The number of carbonyl (C=O) groups is 2. The lowest BCUT2D eigenvalue weighted by Gasteiger charge is -2.44. The van der Waals surface area contributed by atoms with Crippen LogP contribution in [0.25, 0.3) is 0 Å². The lowest BCUT2D eigenvalue weighted by molar-refractivity contribution is -0.166. The molecule has 0 aromatic heterocycles. The van der Waals surface area contributed by atoms with Crippen molar-refractivity contribution in [3.63, 3.8) is 0 Å². The van der Waals surface area contributed by atoms with Crippen LogP contribution in [0.5, 0.6) is 11.5 Å². The molecule has 1 aliphatic heterocycles. The fraction of sp³-hybridized carbons (Fsp3) is 0.619. The highest BCUT2D eigenvalue weighted by Crippen LogP contribution is 2.30. The standard InChI is InChI=1S/C21H32N2O6/c1-21(11-6-7-18(24)23(21)14-19(28-4)29-5)20(25)22-12-10-15-8-9-16(26-2)17(13-15)27-3/h8-9,13,19H,6-7,10-12,14H2,1-5H3,(H,22,25). The van der Waals surface area contributed by atoms with Crippen molar-refractivity contribution >= 4 is 11.8 Å². The molecule has 1 aromatic rings. The first-order valence-corrected chi connectivity index (χ1v) is 9.74. The maximum absolute atomic E-state index is 13.0. The summed E-state index contributed by atoms with van der Waals surface area (Å²) in [5, 5.41) is 2.98. The second-order valence-corrected chi connectivity index (χ2v) is 7.23. The number of nitrogens with zero attached hydrogens (tertiary/aromatic N) is 1. The third-order valence-corrected chi connectivity index (χ3v) is 5.44. The van der Waals surface area contributed by atoms with Crippen molar-refractivity contribution in [3.05, 3.63) is 23.8 Å². The molecular weight excluding hydrogens is 376 g/mol. The van der Waals surface area contributed by atoms with E-state index >= 15 is 0 Å². The summed E-state index contributed by atoms with van der Waals surface area (Å²) >= 11 is 0. The minimum Gasteiger partial charge on any atom is -0.493 e. The third kappa shape index (κ3) is 5.39. The van der Waals surface area contributed by atoms with Gasteiger partial charge in [0, 0.05) is 27.2 Å². The van der Waals surface area contributed by atoms with E-state index in [4.69, 9.17) is 18.9 Å². The van der Waals surface area contributed by atoms with E-state index in [0.29, 0.717) is 43.7 Å². The zero-order chi connectivity index (χ0) is 21.4. The molecular formula is C21H32N2O6. The molecule has 162 valence electrons. The van der Waals surface area contributed by atoms with Gasteiger partial charge in [0.25, 0.3) is 0 Å². The summed E-state index contributed by atoms with van der Waals surface area (Å²) in [6, 6.07) is 5.67. The lowest BCUT2D eigenvalue weighted by atomic mass is 9.87. The molecule has 1 saturated heterocycles. The number of ether oxygens (including phenoxy) is 4. The number of carbonyl (C=O) groups excluding carboxylic acids is 2. The fourth-order valence-corrected chi connectivity index (χ4v) is 3.61. The third-order valence-electron chi connectivity index (χ3n) is 5.44. The Morgan fingerprint density at radius 3 is 2.48 bits per heavy atom. The van der Waals surface area contributed by atoms with Gasteiger partial charge in [-0.15, -0.1) is 0 Å². The van der Waals surface area contributed by atoms with E-state index in [1.54, 1.807) is 26.0 Å². The average molecular weight is 408 g/mol. The van der Waals surface area contributed by atoms with Crippen LogP contribution in [0.1, 0.15) is 31.7 Å². The van der Waals surface area contributed by atoms with Crippen molar-refractivity contribution in [2.24, 2.45) is 0 Å². The van der Waals surface area contributed by atoms with Crippen LogP contribution >= 0.6 is 0 Å². The van der Waals surface area contributed by atoms with Gasteiger partial charge in [0.1, 0.15) is 5.54 Å². The van der Waals surface area contributed by atoms with E-state index in [-0.39, 0.29) is 18.4 Å². The summed E-state index contributed by atoms with van der Waals surface area (Å²) in [4.78, 5) is 27.1. The number of nitrogens with one attached hydrogen (secondary N) is 1. The quantitative estimate of drug-likeness (QED) is 0.594. The van der Waals surface area contributed by atoms with Gasteiger partial charge < -0.3 is 29.2 Å². The Hall–Kier alpha value is -2.32. The van der Waals surface area contributed by atoms with Gasteiger partial charge in [0.15, 0.2) is 17.8 Å². The number of piperidine rings is 1. The molecule has 1 unspecified atom stereocenters. The van der Waals surface area contributed by atoms with Gasteiger partial charge in [-0.3, -0.25) is 9.59 Å². The first-order chi connectivity index (χ1) is 13.9. The number of hydrogen-bond acceptors (Lipinski definition) is 6. The molecule has 1 fully saturated rings. The summed E-state index contributed by atoms with van der Waals surface area (Å²) in [6.45, 7) is 2.47. The molecule has 1 N–H and O–H groups in total. The predicted octanol–water partition coefficient (Wildman–Crippen LogP) is 1.75. The van der Waals surface area contributed by atoms with Gasteiger partial charge in [-0.2, -0.15) is 0 Å². The van der Waals surface area contributed by atoms with Gasteiger partial charge in [-0.1, -0.05) is 6.07 Å². The molecule has 8 nitrogen and oxygen atoms in total. The van der Waals surface area contributed by atoms with Crippen molar-refractivity contribution in [2.75, 3.05) is 41.5 Å². The second kappa shape index (κ2) is 10.5. The minimum absolute atomic E-state index is 0.0621. The van der Waals surface area contributed by atoms with Crippen LogP contribution in [0.4, 0.5) is 0 Å². The van der Waals surface area contributed by atoms with Crippen LogP contribution in [-0.2, 0) is 25.5 Å². The maximum atomic E-state index is 13.0. The summed E-state index contributed by atoms with van der Waals surface area (Å²) in [7, 11) is 6.21. The highest BCUT2D eigenvalue weighted by molar-refractivity contribution is 5.92. The first kappa shape index (κ1) is 23.0. The van der Waals surface area contributed by atoms with E-state index in [0.717, 1.165) is 5.56 Å². The molecule has 1 aromatic carbocycles. The lowest BCUT2D eigenvalue weighted by Crippen LogP contribution is -2.62. The van der Waals surface area contributed by atoms with Crippen molar-refractivity contribution in [2.45, 2.75) is 44.4 Å². The molecule has 0 radical (unpaired) electrons. The van der Waals surface area contributed by atoms with E-state index in [1.165, 1.54) is 14.2 Å². The van der Waals surface area contributed by atoms with E-state index in [2.05, 4.69) is 5.32 Å². The van der Waals surface area contributed by atoms with E-state index < -0.39 is 11.8 Å². The Morgan fingerprint density at radius 2 is 1.86 bits per heavy atom. The van der Waals surface area contributed by atoms with Crippen LogP contribution in [0.3, 0.4) is 0 Å². The molecule has 1 atom stereocenters. The molecule has 1 aliphatic rings. The Kier molecular flexibility index (Phi) is 8.28. The Balaban J connectivity index is 2.02. The number of rotatable bonds is 10. The Labute approximate surface area is 172 Å². The van der Waals surface area contributed by atoms with Crippen LogP contribution in [-0.4, -0.2) is 70.1 Å². The van der Waals surface area contributed by atoms with Crippen molar-refractivity contribution in [1.29, 1.82) is 0 Å². The number of likely N-dealkylation sites (tertiary alicyclic amines) is 1. The highest BCUT2D eigenvalue weighted by atomic mass is 16.7. The molecule has 0 aliphatic carbocycles. The zero-order valence-corrected chi connectivity index (χ0v) is 17.9. The van der Waals surface area contributed by atoms with E-state index in [9.17, 15) is 9.59 Å². The summed E-state index contributed by atoms with van der Waals surface area (Å²) in [6.07, 6.45) is 1.76. The predicted molar refractivity (Wildman–Crippen MR) is 108 cm³/mol. The smallest absolute Gasteiger partial charge is 0.245 e. The van der Waals surface area contributed by atoms with Gasteiger partial charge in [0.05, 0.1) is 20.8 Å². The number of hydrogen-bond donors (Lipinski definition) is 1. The minimum atomic E-state index is -0.928. The van der Waals surface area contributed by atoms with Crippen LogP contribution in [0.2, 0.25) is 0 Å². The normalized spacial score (nSPS) is 19.4. The molecule has 0 bridgehead atoms.